The summed E-state index contributed by atoms with van der Waals surface area (Å²) in [6.07, 6.45) is 2.55. The Balaban J connectivity index is 1.17. The fourth-order valence-electron chi connectivity index (χ4n) is 6.83. The summed E-state index contributed by atoms with van der Waals surface area (Å²) in [6, 6.07) is 15.7. The molecule has 4 atom stereocenters. The van der Waals surface area contributed by atoms with Crippen LogP contribution in [0.2, 0.25) is 10.3 Å². The second-order valence-electron chi connectivity index (χ2n) is 15.4. The number of hydrogen-bond donors (Lipinski definition) is 2. The third kappa shape index (κ3) is 7.51. The molecule has 0 bridgehead atoms. The number of benzene rings is 2. The van der Waals surface area contributed by atoms with E-state index in [0.717, 1.165) is 47.9 Å². The molecule has 2 N–H and O–H groups in total. The van der Waals surface area contributed by atoms with Crippen LogP contribution in [0.25, 0.3) is 33.6 Å². The molecule has 50 heavy (non-hydrogen) atoms. The van der Waals surface area contributed by atoms with Gasteiger partial charge in [-0.1, -0.05) is 71.7 Å². The van der Waals surface area contributed by atoms with E-state index >= 15 is 0 Å². The van der Waals surface area contributed by atoms with Crippen molar-refractivity contribution in [2.24, 2.45) is 0 Å². The number of aromatic amines is 2. The number of carbonyl (C=O) groups excluding carboxylic acids is 2. The number of amides is 2. The lowest BCUT2D eigenvalue weighted by atomic mass is 10.0. The van der Waals surface area contributed by atoms with Crippen molar-refractivity contribution in [2.45, 2.75) is 116 Å². The van der Waals surface area contributed by atoms with E-state index in [1.165, 1.54) is 0 Å². The minimum absolute atomic E-state index is 0.0320. The number of rotatable bonds is 5. The molecule has 4 aromatic rings. The van der Waals surface area contributed by atoms with Crippen molar-refractivity contribution in [2.75, 3.05) is 0 Å². The number of nitrogens with zero attached hydrogens (tertiary/aromatic N) is 4. The molecule has 6 rings (SSSR count). The van der Waals surface area contributed by atoms with E-state index in [9.17, 15) is 9.59 Å². The van der Waals surface area contributed by atoms with E-state index in [0.29, 0.717) is 33.3 Å². The Morgan fingerprint density at radius 2 is 0.940 bits per heavy atom. The van der Waals surface area contributed by atoms with E-state index in [1.54, 1.807) is 9.80 Å². The van der Waals surface area contributed by atoms with Crippen LogP contribution in [0, 0.1) is 0 Å². The van der Waals surface area contributed by atoms with Crippen LogP contribution in [0.4, 0.5) is 9.59 Å². The van der Waals surface area contributed by atoms with Gasteiger partial charge in [0, 0.05) is 23.2 Å². The quantitative estimate of drug-likeness (QED) is 0.212. The van der Waals surface area contributed by atoms with E-state index in [2.05, 4.69) is 9.97 Å². The monoisotopic (exact) mass is 720 g/mol. The van der Waals surface area contributed by atoms with Crippen LogP contribution in [0.1, 0.15) is 105 Å². The second-order valence-corrected chi connectivity index (χ2v) is 16.1. The number of aromatic nitrogens is 4. The number of likely N-dealkylation sites (tertiary alicyclic amines) is 2. The van der Waals surface area contributed by atoms with Gasteiger partial charge in [-0.3, -0.25) is 9.80 Å². The SMILES string of the molecule is CC1CCC(c2nc(-c3ccc(-c4ccc(-c5nc(C6CCC(C)N6C(=O)OC(C)(C)C)[nH]c5Cl)cc4)cc3)c(Cl)[nH]2)N1C(=O)OC(C)(C)C. The highest BCUT2D eigenvalue weighted by atomic mass is 35.5. The Bertz CT molecular complexity index is 1720. The molecule has 2 fully saturated rings. The lowest BCUT2D eigenvalue weighted by Crippen LogP contribution is -2.40. The largest absolute Gasteiger partial charge is 0.444 e. The maximum atomic E-state index is 13.0. The molecular formula is C38H46Cl2N6O4. The molecule has 0 radical (unpaired) electrons. The molecule has 2 aromatic carbocycles. The molecular weight excluding hydrogens is 675 g/mol. The minimum atomic E-state index is -0.589. The van der Waals surface area contributed by atoms with Gasteiger partial charge < -0.3 is 19.4 Å². The second kappa shape index (κ2) is 13.6. The van der Waals surface area contributed by atoms with Crippen molar-refractivity contribution in [1.29, 1.82) is 0 Å². The number of H-pyrrole nitrogens is 2. The fourth-order valence-corrected chi connectivity index (χ4v) is 7.32. The Morgan fingerprint density at radius 3 is 1.26 bits per heavy atom. The minimum Gasteiger partial charge on any atom is -0.444 e. The normalized spacial score (nSPS) is 21.2. The molecule has 10 nitrogen and oxygen atoms in total. The summed E-state index contributed by atoms with van der Waals surface area (Å²) in [5.74, 6) is 1.31. The zero-order chi connectivity index (χ0) is 36.1. The van der Waals surface area contributed by atoms with Crippen molar-refractivity contribution in [3.8, 4) is 33.6 Å². The van der Waals surface area contributed by atoms with Crippen molar-refractivity contribution < 1.29 is 19.1 Å². The fraction of sp³-hybridized carbons (Fsp3) is 0.474. The zero-order valence-corrected chi connectivity index (χ0v) is 31.4. The Hall–Kier alpha value is -4.02. The number of imidazole rings is 2. The first-order chi connectivity index (χ1) is 23.5. The highest BCUT2D eigenvalue weighted by Crippen LogP contribution is 2.40. The lowest BCUT2D eigenvalue weighted by Gasteiger charge is -2.30. The van der Waals surface area contributed by atoms with E-state index in [1.807, 2.05) is 104 Å². The van der Waals surface area contributed by atoms with Gasteiger partial charge >= 0.3 is 12.2 Å². The van der Waals surface area contributed by atoms with Gasteiger partial charge in [-0.2, -0.15) is 0 Å². The van der Waals surface area contributed by atoms with Crippen molar-refractivity contribution in [3.63, 3.8) is 0 Å². The molecule has 4 heterocycles. The van der Waals surface area contributed by atoms with Crippen LogP contribution < -0.4 is 0 Å². The highest BCUT2D eigenvalue weighted by Gasteiger charge is 2.41. The maximum absolute atomic E-state index is 13.0. The predicted molar refractivity (Wildman–Crippen MR) is 196 cm³/mol. The van der Waals surface area contributed by atoms with Crippen molar-refractivity contribution in [1.82, 2.24) is 29.7 Å². The van der Waals surface area contributed by atoms with Crippen LogP contribution in [-0.4, -0.2) is 65.2 Å². The molecule has 2 aliphatic rings. The highest BCUT2D eigenvalue weighted by molar-refractivity contribution is 6.32. The van der Waals surface area contributed by atoms with Gasteiger partial charge in [-0.15, -0.1) is 0 Å². The summed E-state index contributed by atoms with van der Waals surface area (Å²) in [4.78, 5) is 45.8. The maximum Gasteiger partial charge on any atom is 0.411 e. The van der Waals surface area contributed by atoms with Crippen LogP contribution in [0.5, 0.6) is 0 Å². The smallest absolute Gasteiger partial charge is 0.411 e. The van der Waals surface area contributed by atoms with Gasteiger partial charge in [0.15, 0.2) is 0 Å². The molecule has 266 valence electrons. The van der Waals surface area contributed by atoms with Gasteiger partial charge in [0.1, 0.15) is 44.5 Å². The predicted octanol–water partition coefficient (Wildman–Crippen LogP) is 10.4. The molecule has 0 saturated carbocycles. The molecule has 12 heteroatoms. The van der Waals surface area contributed by atoms with Gasteiger partial charge in [-0.05, 0) is 92.2 Å². The first-order valence-corrected chi connectivity index (χ1v) is 18.0. The summed E-state index contributed by atoms with van der Waals surface area (Å²) in [7, 11) is 0. The molecule has 2 saturated heterocycles. The zero-order valence-electron chi connectivity index (χ0n) is 29.9. The van der Waals surface area contributed by atoms with Gasteiger partial charge in [0.05, 0.1) is 12.1 Å². The van der Waals surface area contributed by atoms with Crippen molar-refractivity contribution >= 4 is 35.4 Å². The Morgan fingerprint density at radius 1 is 0.620 bits per heavy atom. The molecule has 2 amide bonds. The Kier molecular flexibility index (Phi) is 9.74. The summed E-state index contributed by atoms with van der Waals surface area (Å²) < 4.78 is 11.4. The van der Waals surface area contributed by atoms with Crippen LogP contribution in [0.3, 0.4) is 0 Å². The van der Waals surface area contributed by atoms with E-state index in [4.69, 9.17) is 42.6 Å². The molecule has 0 aliphatic carbocycles. The third-order valence-corrected chi connectivity index (χ3v) is 9.73. The van der Waals surface area contributed by atoms with Crippen LogP contribution in [-0.2, 0) is 9.47 Å². The number of hydrogen-bond acceptors (Lipinski definition) is 6. The third-order valence-electron chi connectivity index (χ3n) is 9.18. The number of halogens is 2. The summed E-state index contributed by atoms with van der Waals surface area (Å²) in [6.45, 7) is 15.3. The molecule has 4 unspecified atom stereocenters. The van der Waals surface area contributed by atoms with Gasteiger partial charge in [-0.25, -0.2) is 19.6 Å². The van der Waals surface area contributed by atoms with Crippen LogP contribution >= 0.6 is 23.2 Å². The van der Waals surface area contributed by atoms with Crippen molar-refractivity contribution in [3.05, 3.63) is 70.5 Å². The van der Waals surface area contributed by atoms with Gasteiger partial charge in [0.2, 0.25) is 0 Å². The van der Waals surface area contributed by atoms with Crippen LogP contribution in [0.15, 0.2) is 48.5 Å². The van der Waals surface area contributed by atoms with E-state index in [-0.39, 0.29) is 36.4 Å². The number of nitrogens with one attached hydrogen (secondary N) is 2. The Labute approximate surface area is 303 Å². The molecule has 2 aromatic heterocycles. The average Bonchev–Trinajstić information content (AvgIpc) is 3.80. The molecule has 0 spiro atoms. The van der Waals surface area contributed by atoms with E-state index < -0.39 is 11.2 Å². The standard InChI is InChI=1S/C38H46Cl2N6O4/c1-21-9-19-27(45(21)35(47)49-37(3,4)5)33-41-29(31(39)43-33)25-15-11-23(12-16-25)24-13-17-26(18-14-24)30-32(40)44-34(42-30)28-20-10-22(2)46(28)36(48)50-38(6,7)8/h11-18,21-22,27-28H,9-10,19-20H2,1-8H3,(H,41,43)(H,42,44). The lowest BCUT2D eigenvalue weighted by molar-refractivity contribution is 0.0141. The van der Waals surface area contributed by atoms with Gasteiger partial charge in [0.25, 0.3) is 0 Å². The first-order valence-electron chi connectivity index (χ1n) is 17.2. The topological polar surface area (TPSA) is 116 Å². The molecule has 2 aliphatic heterocycles. The number of carbonyl (C=O) groups is 2. The number of ether oxygens (including phenoxy) is 2. The summed E-state index contributed by atoms with van der Waals surface area (Å²) in [5.41, 5.74) is 3.87. The summed E-state index contributed by atoms with van der Waals surface area (Å²) in [5, 5.41) is 0.856. The first kappa shape index (κ1) is 35.8. The average molecular weight is 722 g/mol. The summed E-state index contributed by atoms with van der Waals surface area (Å²) >= 11 is 13.3.